The number of methoxy groups -OCH3 is 3. The van der Waals surface area contributed by atoms with E-state index in [0.717, 1.165) is 16.3 Å². The number of nitrogens with one attached hydrogen (secondary N) is 1. The molecule has 2 amide bonds. The Kier molecular flexibility index (Phi) is 11.6. The second kappa shape index (κ2) is 15.1. The summed E-state index contributed by atoms with van der Waals surface area (Å²) in [5.74, 6) is 0.448. The summed E-state index contributed by atoms with van der Waals surface area (Å²) in [7, 11) is 0.258. The van der Waals surface area contributed by atoms with Gasteiger partial charge in [0.25, 0.3) is 10.0 Å². The molecule has 0 aliphatic carbocycles. The first-order valence-electron chi connectivity index (χ1n) is 13.7. The van der Waals surface area contributed by atoms with Crippen molar-refractivity contribution in [2.45, 2.75) is 44.2 Å². The second-order valence-corrected chi connectivity index (χ2v) is 11.3. The van der Waals surface area contributed by atoms with Gasteiger partial charge in [0.15, 0.2) is 11.5 Å². The molecule has 3 aromatic carbocycles. The van der Waals surface area contributed by atoms with Crippen molar-refractivity contribution in [1.29, 1.82) is 0 Å². The van der Waals surface area contributed by atoms with Gasteiger partial charge in [-0.1, -0.05) is 44.2 Å². The molecule has 0 heterocycles. The Balaban J connectivity index is 2.10. The predicted molar refractivity (Wildman–Crippen MR) is 161 cm³/mol. The topological polar surface area (TPSA) is 114 Å². The average Bonchev–Trinajstić information content (AvgIpc) is 3.02. The number of anilines is 1. The van der Waals surface area contributed by atoms with Gasteiger partial charge in [-0.15, -0.1) is 0 Å². The molecule has 11 heteroatoms. The molecule has 42 heavy (non-hydrogen) atoms. The van der Waals surface area contributed by atoms with Crippen molar-refractivity contribution in [3.8, 4) is 17.2 Å². The van der Waals surface area contributed by atoms with Gasteiger partial charge >= 0.3 is 0 Å². The Morgan fingerprint density at radius 2 is 1.57 bits per heavy atom. The van der Waals surface area contributed by atoms with Gasteiger partial charge in [-0.3, -0.25) is 13.9 Å². The molecular formula is C31H39N3O7S. The van der Waals surface area contributed by atoms with Crippen LogP contribution in [0.2, 0.25) is 0 Å². The van der Waals surface area contributed by atoms with Gasteiger partial charge in [-0.2, -0.15) is 0 Å². The zero-order valence-corrected chi connectivity index (χ0v) is 25.5. The second-order valence-electron chi connectivity index (χ2n) is 9.45. The number of rotatable bonds is 15. The van der Waals surface area contributed by atoms with Crippen molar-refractivity contribution < 1.29 is 32.2 Å². The molecule has 1 atom stereocenters. The lowest BCUT2D eigenvalue weighted by Crippen LogP contribution is -2.52. The Labute approximate surface area is 248 Å². The first-order valence-corrected chi connectivity index (χ1v) is 15.1. The van der Waals surface area contributed by atoms with Crippen LogP contribution in [0.1, 0.15) is 32.3 Å². The van der Waals surface area contributed by atoms with E-state index in [9.17, 15) is 18.0 Å². The molecule has 0 spiro atoms. The molecule has 0 radical (unpaired) electrons. The maximum absolute atomic E-state index is 14.2. The van der Waals surface area contributed by atoms with Crippen LogP contribution in [0.15, 0.2) is 77.7 Å². The average molecular weight is 598 g/mol. The highest BCUT2D eigenvalue weighted by Gasteiger charge is 2.34. The zero-order valence-electron chi connectivity index (χ0n) is 24.7. The van der Waals surface area contributed by atoms with Gasteiger partial charge in [-0.25, -0.2) is 8.42 Å². The minimum atomic E-state index is -4.21. The lowest BCUT2D eigenvalue weighted by Gasteiger charge is -2.33. The number of nitrogens with zero attached hydrogens (tertiary/aromatic N) is 2. The van der Waals surface area contributed by atoms with E-state index in [1.54, 1.807) is 55.6 Å². The van der Waals surface area contributed by atoms with E-state index >= 15 is 0 Å². The molecule has 3 rings (SSSR count). The van der Waals surface area contributed by atoms with Gasteiger partial charge < -0.3 is 24.4 Å². The van der Waals surface area contributed by atoms with Crippen LogP contribution in [0, 0.1) is 0 Å². The number of hydrogen-bond donors (Lipinski definition) is 1. The molecule has 1 N–H and O–H groups in total. The first-order chi connectivity index (χ1) is 20.2. The van der Waals surface area contributed by atoms with Crippen LogP contribution in [0.5, 0.6) is 17.2 Å². The van der Waals surface area contributed by atoms with E-state index in [1.807, 2.05) is 19.9 Å². The summed E-state index contributed by atoms with van der Waals surface area (Å²) in [5.41, 5.74) is 0.933. The van der Waals surface area contributed by atoms with Crippen LogP contribution < -0.4 is 23.8 Å². The molecule has 0 saturated carbocycles. The third-order valence-corrected chi connectivity index (χ3v) is 8.48. The minimum Gasteiger partial charge on any atom is -0.497 e. The smallest absolute Gasteiger partial charge is 0.264 e. The third kappa shape index (κ3) is 7.73. The molecule has 1 unspecified atom stereocenters. The highest BCUT2D eigenvalue weighted by Crippen LogP contribution is 2.34. The zero-order chi connectivity index (χ0) is 30.7. The normalized spacial score (nSPS) is 11.7. The Morgan fingerprint density at radius 3 is 2.19 bits per heavy atom. The summed E-state index contributed by atoms with van der Waals surface area (Å²) in [6.07, 6.45) is 1.06. The van der Waals surface area contributed by atoms with E-state index in [-0.39, 0.29) is 23.0 Å². The van der Waals surface area contributed by atoms with E-state index in [0.29, 0.717) is 30.2 Å². The molecule has 226 valence electrons. The van der Waals surface area contributed by atoms with E-state index < -0.39 is 28.5 Å². The number of benzene rings is 3. The van der Waals surface area contributed by atoms with Gasteiger partial charge in [0.2, 0.25) is 11.8 Å². The van der Waals surface area contributed by atoms with Crippen LogP contribution in [0.4, 0.5) is 5.69 Å². The highest BCUT2D eigenvalue weighted by molar-refractivity contribution is 7.92. The van der Waals surface area contributed by atoms with Gasteiger partial charge in [0.05, 0.1) is 31.9 Å². The standard InChI is InChI=1S/C31H39N3O7S/c1-6-18-32-31(36)27(7-2)33(21-23-12-11-13-25(19-23)39-3)30(35)22-34(42(37,38)26-14-9-8-10-15-26)24-16-17-28(40-4)29(20-24)41-5/h8-17,19-20,27H,6-7,18,21-22H2,1-5H3,(H,32,36). The largest absolute Gasteiger partial charge is 0.497 e. The molecule has 3 aromatic rings. The molecule has 0 aliphatic rings. The summed E-state index contributed by atoms with van der Waals surface area (Å²) < 4.78 is 45.1. The molecule has 0 fully saturated rings. The molecular weight excluding hydrogens is 558 g/mol. The maximum Gasteiger partial charge on any atom is 0.264 e. The number of carbonyl (C=O) groups is 2. The fourth-order valence-corrected chi connectivity index (χ4v) is 5.91. The number of ether oxygens (including phenoxy) is 3. The van der Waals surface area contributed by atoms with Crippen molar-refractivity contribution >= 4 is 27.5 Å². The number of amides is 2. The van der Waals surface area contributed by atoms with Crippen molar-refractivity contribution in [2.24, 2.45) is 0 Å². The molecule has 0 aromatic heterocycles. The van der Waals surface area contributed by atoms with Gasteiger partial charge in [0, 0.05) is 19.2 Å². The fourth-order valence-electron chi connectivity index (χ4n) is 4.48. The van der Waals surface area contributed by atoms with Gasteiger partial charge in [-0.05, 0) is 54.8 Å². The van der Waals surface area contributed by atoms with Crippen molar-refractivity contribution in [3.63, 3.8) is 0 Å². The van der Waals surface area contributed by atoms with Crippen molar-refractivity contribution in [2.75, 3.05) is 38.7 Å². The molecule has 0 saturated heterocycles. The van der Waals surface area contributed by atoms with Crippen molar-refractivity contribution in [3.05, 3.63) is 78.4 Å². The van der Waals surface area contributed by atoms with Crippen LogP contribution >= 0.6 is 0 Å². The summed E-state index contributed by atoms with van der Waals surface area (Å²) in [5, 5.41) is 2.88. The molecule has 0 bridgehead atoms. The van der Waals surface area contributed by atoms with Crippen LogP contribution in [0.3, 0.4) is 0 Å². The SMILES string of the molecule is CCCNC(=O)C(CC)N(Cc1cccc(OC)c1)C(=O)CN(c1ccc(OC)c(OC)c1)S(=O)(=O)c1ccccc1. The van der Waals surface area contributed by atoms with Crippen molar-refractivity contribution in [1.82, 2.24) is 10.2 Å². The van der Waals surface area contributed by atoms with Crippen LogP contribution in [-0.4, -0.2) is 65.6 Å². The fraction of sp³-hybridized carbons (Fsp3) is 0.355. The molecule has 0 aliphatic heterocycles. The minimum absolute atomic E-state index is 0.0136. The summed E-state index contributed by atoms with van der Waals surface area (Å²) in [6.45, 7) is 3.72. The predicted octanol–water partition coefficient (Wildman–Crippen LogP) is 4.24. The third-order valence-electron chi connectivity index (χ3n) is 6.69. The van der Waals surface area contributed by atoms with Crippen LogP contribution in [0.25, 0.3) is 0 Å². The summed E-state index contributed by atoms with van der Waals surface area (Å²) >= 11 is 0. The number of sulfonamides is 1. The molecule has 10 nitrogen and oxygen atoms in total. The number of hydrogen-bond acceptors (Lipinski definition) is 7. The van der Waals surface area contributed by atoms with E-state index in [4.69, 9.17) is 14.2 Å². The number of carbonyl (C=O) groups excluding carboxylic acids is 2. The maximum atomic E-state index is 14.2. The monoisotopic (exact) mass is 597 g/mol. The van der Waals surface area contributed by atoms with E-state index in [2.05, 4.69) is 5.32 Å². The lowest BCUT2D eigenvalue weighted by molar-refractivity contribution is -0.140. The van der Waals surface area contributed by atoms with E-state index in [1.165, 1.54) is 37.3 Å². The van der Waals surface area contributed by atoms with Gasteiger partial charge in [0.1, 0.15) is 18.3 Å². The summed E-state index contributed by atoms with van der Waals surface area (Å²) in [4.78, 5) is 28.8. The first kappa shape index (κ1) is 32.3. The Morgan fingerprint density at radius 1 is 0.857 bits per heavy atom. The summed E-state index contributed by atoms with van der Waals surface area (Å²) in [6, 6.07) is 18.9. The Bertz CT molecular complexity index is 1450. The van der Waals surface area contributed by atoms with Crippen LogP contribution in [-0.2, 0) is 26.2 Å². The Hall–Kier alpha value is -4.25. The quantitative estimate of drug-likeness (QED) is 0.279. The lowest BCUT2D eigenvalue weighted by atomic mass is 10.1. The highest BCUT2D eigenvalue weighted by atomic mass is 32.2.